The van der Waals surface area contributed by atoms with Crippen molar-refractivity contribution in [3.63, 3.8) is 0 Å². The van der Waals surface area contributed by atoms with Crippen molar-refractivity contribution in [1.29, 1.82) is 0 Å². The summed E-state index contributed by atoms with van der Waals surface area (Å²) in [5.74, 6) is 0. The van der Waals surface area contributed by atoms with Gasteiger partial charge in [0.15, 0.2) is 0 Å². The second kappa shape index (κ2) is 1.55. The molecule has 0 saturated heterocycles. The van der Waals surface area contributed by atoms with Gasteiger partial charge in [-0.25, -0.2) is 0 Å². The third-order valence-electron chi connectivity index (χ3n) is 0.356. The Bertz CT molecular complexity index is 103. The molecule has 4 heteroatoms. The van der Waals surface area contributed by atoms with Gasteiger partial charge in [0.05, 0.1) is 6.20 Å². The lowest BCUT2D eigenvalue weighted by atomic mass is 11.0. The van der Waals surface area contributed by atoms with E-state index < -0.39 is 0 Å². The van der Waals surface area contributed by atoms with Gasteiger partial charge in [0, 0.05) is 0 Å². The van der Waals surface area contributed by atoms with Crippen molar-refractivity contribution in [2.24, 2.45) is 10.3 Å². The summed E-state index contributed by atoms with van der Waals surface area (Å²) in [6, 6.07) is 0. The van der Waals surface area contributed by atoms with Crippen molar-refractivity contribution >= 4 is 22.6 Å². The zero-order valence-corrected chi connectivity index (χ0v) is 4.95. The zero-order valence-electron chi connectivity index (χ0n) is 2.80. The van der Waals surface area contributed by atoms with Crippen LogP contribution in [0.25, 0.3) is 0 Å². The lowest BCUT2D eigenvalue weighted by molar-refractivity contribution is 0.905. The number of hydrogen-bond acceptors (Lipinski definition) is 2. The zero-order chi connectivity index (χ0) is 4.41. The van der Waals surface area contributed by atoms with Crippen LogP contribution in [0.2, 0.25) is 0 Å². The highest BCUT2D eigenvalue weighted by molar-refractivity contribution is 14.1. The van der Waals surface area contributed by atoms with E-state index in [1.807, 2.05) is 22.6 Å². The second-order valence-corrected chi connectivity index (χ2v) is 1.86. The molecule has 31 valence electrons. The summed E-state index contributed by atoms with van der Waals surface area (Å²) in [5, 5.41) is 6.86. The van der Waals surface area contributed by atoms with Gasteiger partial charge in [0.25, 0.3) is 0 Å². The Hall–Kier alpha value is -0.130. The molecule has 0 atom stereocenters. The molecule has 1 aliphatic heterocycles. The smallest absolute Gasteiger partial charge is 0.136 e. The number of nitrogens with zero attached hydrogens (tertiary/aromatic N) is 3. The maximum atomic E-state index is 3.54. The first kappa shape index (κ1) is 4.04. The summed E-state index contributed by atoms with van der Waals surface area (Å²) in [4.78, 5) is 0. The number of halogens is 1. The highest BCUT2D eigenvalue weighted by Gasteiger charge is 1.90. The van der Waals surface area contributed by atoms with Crippen LogP contribution in [0.3, 0.4) is 0 Å². The van der Waals surface area contributed by atoms with E-state index in [2.05, 4.69) is 15.8 Å². The average molecular weight is 194 g/mol. The predicted octanol–water partition coefficient (Wildman–Crippen LogP) is 1.21. The molecule has 0 aromatic rings. The van der Waals surface area contributed by atoms with Gasteiger partial charge in [-0.1, -0.05) is 0 Å². The van der Waals surface area contributed by atoms with E-state index in [0.29, 0.717) is 0 Å². The molecule has 0 amide bonds. The lowest BCUT2D eigenvalue weighted by Gasteiger charge is -1.62. The fraction of sp³-hybridized carbons (Fsp3) is 0. The Labute approximate surface area is 48.6 Å². The minimum Gasteiger partial charge on any atom is -0.136 e. The van der Waals surface area contributed by atoms with Gasteiger partial charge in [-0.05, 0) is 27.8 Å². The van der Waals surface area contributed by atoms with Crippen molar-refractivity contribution in [1.82, 2.24) is 5.43 Å². The van der Waals surface area contributed by atoms with Crippen LogP contribution in [0.4, 0.5) is 0 Å². The Morgan fingerprint density at radius 1 is 1.67 bits per heavy atom. The predicted molar refractivity (Wildman–Crippen MR) is 29.1 cm³/mol. The monoisotopic (exact) mass is 194 g/mol. The van der Waals surface area contributed by atoms with Crippen LogP contribution in [0.5, 0.6) is 0 Å². The molecule has 1 rings (SSSR count). The van der Waals surface area contributed by atoms with Crippen LogP contribution in [0.15, 0.2) is 20.2 Å². The first-order valence-electron chi connectivity index (χ1n) is 1.36. The van der Waals surface area contributed by atoms with Gasteiger partial charge in [-0.2, -0.15) is 0 Å². The summed E-state index contributed by atoms with van der Waals surface area (Å²) in [7, 11) is 0. The molecule has 0 bridgehead atoms. The van der Waals surface area contributed by atoms with Gasteiger partial charge < -0.3 is 0 Å². The lowest BCUT2D eigenvalue weighted by Crippen LogP contribution is -1.69. The maximum Gasteiger partial charge on any atom is 0.145 e. The van der Waals surface area contributed by atoms with Crippen molar-refractivity contribution in [2.75, 3.05) is 0 Å². The van der Waals surface area contributed by atoms with E-state index in [-0.39, 0.29) is 0 Å². The SMILES string of the molecule is IC1=C[N]N=N1. The minimum absolute atomic E-state index is 0.840. The van der Waals surface area contributed by atoms with Gasteiger partial charge >= 0.3 is 0 Å². The fourth-order valence-electron chi connectivity index (χ4n) is 0.168. The molecule has 1 radical (unpaired) electrons. The van der Waals surface area contributed by atoms with E-state index in [9.17, 15) is 0 Å². The molecule has 0 aromatic carbocycles. The normalized spacial score (nSPS) is 17.2. The molecule has 0 N–H and O–H groups in total. The molecule has 1 aliphatic rings. The number of hydrogen-bond donors (Lipinski definition) is 0. The maximum absolute atomic E-state index is 3.54. The largest absolute Gasteiger partial charge is 0.145 e. The van der Waals surface area contributed by atoms with Gasteiger partial charge in [0.1, 0.15) is 3.70 Å². The van der Waals surface area contributed by atoms with E-state index in [0.717, 1.165) is 3.70 Å². The molecular formula is C2HIN3. The highest BCUT2D eigenvalue weighted by atomic mass is 127. The Morgan fingerprint density at radius 2 is 2.50 bits per heavy atom. The minimum atomic E-state index is 0.840. The quantitative estimate of drug-likeness (QED) is 0.410. The standard InChI is InChI=1S/C2HIN3/c3-2-1-4-6-5-2/h1H. The summed E-state index contributed by atoms with van der Waals surface area (Å²) in [6.45, 7) is 0. The molecule has 0 aromatic heterocycles. The molecule has 3 nitrogen and oxygen atoms in total. The van der Waals surface area contributed by atoms with E-state index in [1.54, 1.807) is 6.20 Å². The van der Waals surface area contributed by atoms with E-state index >= 15 is 0 Å². The van der Waals surface area contributed by atoms with E-state index in [1.165, 1.54) is 0 Å². The van der Waals surface area contributed by atoms with Crippen molar-refractivity contribution in [3.8, 4) is 0 Å². The third kappa shape index (κ3) is 0.675. The first-order chi connectivity index (χ1) is 2.89. The van der Waals surface area contributed by atoms with Crippen LogP contribution >= 0.6 is 22.6 Å². The Balaban J connectivity index is 2.68. The topological polar surface area (TPSA) is 38.8 Å². The highest BCUT2D eigenvalue weighted by Crippen LogP contribution is 2.09. The summed E-state index contributed by atoms with van der Waals surface area (Å²) < 4.78 is 0.840. The summed E-state index contributed by atoms with van der Waals surface area (Å²) in [6.07, 6.45) is 1.60. The van der Waals surface area contributed by atoms with Crippen molar-refractivity contribution in [3.05, 3.63) is 9.90 Å². The summed E-state index contributed by atoms with van der Waals surface area (Å²) >= 11 is 2.04. The molecule has 0 aliphatic carbocycles. The molecule has 0 saturated carbocycles. The van der Waals surface area contributed by atoms with Crippen LogP contribution in [-0.2, 0) is 0 Å². The fourth-order valence-corrected chi connectivity index (χ4v) is 0.389. The third-order valence-corrected chi connectivity index (χ3v) is 0.850. The molecule has 0 unspecified atom stereocenters. The first-order valence-corrected chi connectivity index (χ1v) is 2.44. The second-order valence-electron chi connectivity index (χ2n) is 0.757. The number of rotatable bonds is 0. The Kier molecular flexibility index (Phi) is 1.04. The van der Waals surface area contributed by atoms with Crippen LogP contribution < -0.4 is 5.43 Å². The van der Waals surface area contributed by atoms with Crippen molar-refractivity contribution < 1.29 is 0 Å². The van der Waals surface area contributed by atoms with Crippen LogP contribution in [-0.4, -0.2) is 0 Å². The average Bonchev–Trinajstić information content (AvgIpc) is 1.86. The molecule has 1 heterocycles. The molecular weight excluding hydrogens is 193 g/mol. The summed E-state index contributed by atoms with van der Waals surface area (Å²) in [5.41, 5.74) is 3.45. The van der Waals surface area contributed by atoms with Crippen LogP contribution in [0, 0.1) is 0 Å². The van der Waals surface area contributed by atoms with Gasteiger partial charge in [-0.15, -0.1) is 10.5 Å². The molecule has 0 fully saturated rings. The van der Waals surface area contributed by atoms with E-state index in [4.69, 9.17) is 0 Å². The van der Waals surface area contributed by atoms with Crippen LogP contribution in [0.1, 0.15) is 0 Å². The van der Waals surface area contributed by atoms with Gasteiger partial charge in [0.2, 0.25) is 0 Å². The Morgan fingerprint density at radius 3 is 2.67 bits per heavy atom. The molecule has 0 spiro atoms. The molecule has 6 heavy (non-hydrogen) atoms. The van der Waals surface area contributed by atoms with Crippen molar-refractivity contribution in [2.45, 2.75) is 0 Å². The van der Waals surface area contributed by atoms with Gasteiger partial charge in [-0.3, -0.25) is 0 Å².